The molecule has 0 aromatic rings. The molecule has 15 heavy (non-hydrogen) atoms. The molecule has 0 aliphatic rings. The second-order valence-electron chi connectivity index (χ2n) is 2.38. The van der Waals surface area contributed by atoms with Gasteiger partial charge in [-0.15, -0.1) is 11.6 Å². The number of carboxylic acids is 1. The van der Waals surface area contributed by atoms with E-state index in [1.54, 1.807) is 0 Å². The Morgan fingerprint density at radius 3 is 2.33 bits per heavy atom. The Morgan fingerprint density at radius 1 is 1.47 bits per heavy atom. The molecule has 0 radical (unpaired) electrons. The van der Waals surface area contributed by atoms with Gasteiger partial charge in [0.25, 0.3) is 0 Å². The first kappa shape index (κ1) is 14.3. The van der Waals surface area contributed by atoms with Crippen molar-refractivity contribution in [3.63, 3.8) is 0 Å². The van der Waals surface area contributed by atoms with E-state index < -0.39 is 38.2 Å². The van der Waals surface area contributed by atoms with Gasteiger partial charge in [0.05, 0.1) is 6.61 Å². The lowest BCUT2D eigenvalue weighted by atomic mass is 10.3. The van der Waals surface area contributed by atoms with Gasteiger partial charge in [-0.25, -0.2) is 9.36 Å². The molecule has 8 nitrogen and oxygen atoms in total. The highest BCUT2D eigenvalue weighted by Crippen LogP contribution is 2.35. The van der Waals surface area contributed by atoms with E-state index in [1.807, 2.05) is 5.32 Å². The van der Waals surface area contributed by atoms with Crippen molar-refractivity contribution in [3.05, 3.63) is 0 Å². The van der Waals surface area contributed by atoms with Crippen LogP contribution in [-0.2, 0) is 18.7 Å². The number of phosphoric ester groups is 1. The van der Waals surface area contributed by atoms with E-state index in [4.69, 9.17) is 26.5 Å². The molecule has 0 aromatic carbocycles. The fourth-order valence-corrected chi connectivity index (χ4v) is 1.000. The van der Waals surface area contributed by atoms with Crippen molar-refractivity contribution in [2.24, 2.45) is 0 Å². The predicted octanol–water partition coefficient (Wildman–Crippen LogP) is -1.10. The van der Waals surface area contributed by atoms with Gasteiger partial charge in [0.15, 0.2) is 6.04 Å². The summed E-state index contributed by atoms with van der Waals surface area (Å²) < 4.78 is 14.2. The predicted molar refractivity (Wildman–Crippen MR) is 48.3 cm³/mol. The van der Waals surface area contributed by atoms with Gasteiger partial charge >= 0.3 is 13.8 Å². The molecule has 4 N–H and O–H groups in total. The fourth-order valence-electron chi connectivity index (χ4n) is 0.579. The maximum absolute atomic E-state index is 10.7. The molecular weight excluding hydrogens is 252 g/mol. The summed E-state index contributed by atoms with van der Waals surface area (Å²) in [5, 5.41) is 10.4. The van der Waals surface area contributed by atoms with Gasteiger partial charge in [-0.2, -0.15) is 0 Å². The monoisotopic (exact) mass is 261 g/mol. The molecule has 0 spiro atoms. The molecule has 1 atom stereocenters. The molecule has 0 aliphatic carbocycles. The molecule has 0 saturated heterocycles. The number of carbonyl (C=O) groups excluding carboxylic acids is 1. The number of phosphoric acid groups is 1. The van der Waals surface area contributed by atoms with E-state index >= 15 is 0 Å². The molecule has 0 rings (SSSR count). The average Bonchev–Trinajstić information content (AvgIpc) is 2.09. The van der Waals surface area contributed by atoms with E-state index in [0.29, 0.717) is 0 Å². The van der Waals surface area contributed by atoms with Gasteiger partial charge in [-0.1, -0.05) is 0 Å². The van der Waals surface area contributed by atoms with Crippen molar-refractivity contribution in [1.29, 1.82) is 0 Å². The molecule has 0 saturated carbocycles. The summed E-state index contributed by atoms with van der Waals surface area (Å²) in [7, 11) is -4.76. The van der Waals surface area contributed by atoms with Crippen LogP contribution in [0.2, 0.25) is 0 Å². The first-order valence-corrected chi connectivity index (χ1v) is 5.61. The van der Waals surface area contributed by atoms with E-state index in [-0.39, 0.29) is 0 Å². The summed E-state index contributed by atoms with van der Waals surface area (Å²) in [6, 6.07) is -1.55. The zero-order valence-electron chi connectivity index (χ0n) is 7.29. The summed E-state index contributed by atoms with van der Waals surface area (Å²) in [6.45, 7) is -0.845. The van der Waals surface area contributed by atoms with Crippen LogP contribution in [0.15, 0.2) is 0 Å². The first-order chi connectivity index (χ1) is 6.76. The lowest BCUT2D eigenvalue weighted by Crippen LogP contribution is -2.44. The molecule has 88 valence electrons. The number of alkyl halides is 1. The molecule has 0 aromatic heterocycles. The quantitative estimate of drug-likeness (QED) is 0.352. The van der Waals surface area contributed by atoms with E-state index in [9.17, 15) is 14.2 Å². The summed E-state index contributed by atoms with van der Waals surface area (Å²) in [5.41, 5.74) is 0. The molecule has 1 amide bonds. The molecule has 10 heteroatoms. The van der Waals surface area contributed by atoms with Crippen LogP contribution in [0.3, 0.4) is 0 Å². The minimum atomic E-state index is -4.76. The summed E-state index contributed by atoms with van der Waals surface area (Å²) >= 11 is 5.09. The highest BCUT2D eigenvalue weighted by atomic mass is 35.5. The Morgan fingerprint density at radius 2 is 2.00 bits per heavy atom. The van der Waals surface area contributed by atoms with Crippen LogP contribution in [0, 0.1) is 0 Å². The smallest absolute Gasteiger partial charge is 0.469 e. The topological polar surface area (TPSA) is 133 Å². The summed E-state index contributed by atoms with van der Waals surface area (Å²) in [5.74, 6) is -2.72. The number of carbonyl (C=O) groups is 2. The van der Waals surface area contributed by atoms with Gasteiger partial charge in [0.2, 0.25) is 5.91 Å². The number of aliphatic carboxylic acids is 1. The number of rotatable bonds is 6. The molecule has 0 heterocycles. The van der Waals surface area contributed by atoms with Crippen molar-refractivity contribution in [3.8, 4) is 0 Å². The van der Waals surface area contributed by atoms with Crippen LogP contribution in [0.1, 0.15) is 0 Å². The molecule has 0 fully saturated rings. The van der Waals surface area contributed by atoms with Crippen molar-refractivity contribution in [2.45, 2.75) is 6.04 Å². The Hall–Kier alpha value is -0.660. The highest BCUT2D eigenvalue weighted by molar-refractivity contribution is 7.46. The maximum atomic E-state index is 10.7. The minimum Gasteiger partial charge on any atom is -0.480 e. The second kappa shape index (κ2) is 6.04. The van der Waals surface area contributed by atoms with Crippen LogP contribution < -0.4 is 5.32 Å². The zero-order valence-corrected chi connectivity index (χ0v) is 8.94. The molecule has 0 bridgehead atoms. The lowest BCUT2D eigenvalue weighted by molar-refractivity contribution is -0.142. The number of carboxylic acid groups (broad SMARTS) is 1. The molecule has 0 aliphatic heterocycles. The van der Waals surface area contributed by atoms with E-state index in [0.717, 1.165) is 0 Å². The van der Waals surface area contributed by atoms with E-state index in [2.05, 4.69) is 4.52 Å². The third-order valence-corrected chi connectivity index (χ3v) is 1.89. The maximum Gasteiger partial charge on any atom is 0.469 e. The Balaban J connectivity index is 4.24. The van der Waals surface area contributed by atoms with Crippen LogP contribution in [0.25, 0.3) is 0 Å². The van der Waals surface area contributed by atoms with Gasteiger partial charge < -0.3 is 20.2 Å². The molecule has 0 unspecified atom stereocenters. The lowest BCUT2D eigenvalue weighted by Gasteiger charge is -2.13. The third kappa shape index (κ3) is 7.29. The van der Waals surface area contributed by atoms with E-state index in [1.165, 1.54) is 0 Å². The van der Waals surface area contributed by atoms with Gasteiger partial charge in [-0.05, 0) is 0 Å². The van der Waals surface area contributed by atoms with Gasteiger partial charge in [-0.3, -0.25) is 9.32 Å². The minimum absolute atomic E-state index is 0.459. The highest BCUT2D eigenvalue weighted by Gasteiger charge is 2.24. The number of hydrogen-bond acceptors (Lipinski definition) is 4. The largest absolute Gasteiger partial charge is 0.480 e. The Bertz CT molecular complexity index is 289. The van der Waals surface area contributed by atoms with Crippen molar-refractivity contribution < 1.29 is 33.6 Å². The van der Waals surface area contributed by atoms with Gasteiger partial charge in [0.1, 0.15) is 5.88 Å². The zero-order chi connectivity index (χ0) is 12.1. The standard InChI is InChI=1S/C5H9ClNO7P/c6-1-4(8)7-3(5(9)10)2-14-15(11,12)13/h3H,1-2H2,(H,7,8)(H,9,10)(H2,11,12,13)/t3-/m0/s1. The number of amides is 1. The number of hydrogen-bond donors (Lipinski definition) is 4. The van der Waals surface area contributed by atoms with Crippen LogP contribution >= 0.6 is 19.4 Å². The Kier molecular flexibility index (Phi) is 5.77. The summed E-state index contributed by atoms with van der Waals surface area (Å²) in [4.78, 5) is 37.8. The second-order valence-corrected chi connectivity index (χ2v) is 3.88. The van der Waals surface area contributed by atoms with Crippen LogP contribution in [-0.4, -0.2) is 45.3 Å². The Labute approximate surface area is 89.4 Å². The number of nitrogens with one attached hydrogen (secondary N) is 1. The van der Waals surface area contributed by atoms with Gasteiger partial charge in [0, 0.05) is 0 Å². The average molecular weight is 262 g/mol. The third-order valence-electron chi connectivity index (χ3n) is 1.16. The van der Waals surface area contributed by atoms with Crippen LogP contribution in [0.4, 0.5) is 0 Å². The number of halogens is 1. The summed E-state index contributed by atoms with van der Waals surface area (Å²) in [6.07, 6.45) is 0. The van der Waals surface area contributed by atoms with Crippen LogP contribution in [0.5, 0.6) is 0 Å². The van der Waals surface area contributed by atoms with Crippen molar-refractivity contribution in [2.75, 3.05) is 12.5 Å². The van der Waals surface area contributed by atoms with Crippen molar-refractivity contribution in [1.82, 2.24) is 5.32 Å². The SMILES string of the molecule is O=C(CCl)N[C@@H](COP(=O)(O)O)C(=O)O. The normalized spacial score (nSPS) is 13.3. The fraction of sp³-hybridized carbons (Fsp3) is 0.600. The molecular formula is C5H9ClNO7P. The van der Waals surface area contributed by atoms with Crippen molar-refractivity contribution >= 4 is 31.3 Å². The first-order valence-electron chi connectivity index (χ1n) is 3.54.